The Morgan fingerprint density at radius 1 is 1.40 bits per heavy atom. The van der Waals surface area contributed by atoms with Crippen LogP contribution in [0.3, 0.4) is 0 Å². The van der Waals surface area contributed by atoms with Gasteiger partial charge in [0.15, 0.2) is 0 Å². The summed E-state index contributed by atoms with van der Waals surface area (Å²) < 4.78 is 1.13. The highest BCUT2D eigenvalue weighted by Crippen LogP contribution is 2.16. The number of benzene rings is 1. The van der Waals surface area contributed by atoms with Gasteiger partial charge in [-0.1, -0.05) is 48.3 Å². The second-order valence-corrected chi connectivity index (χ2v) is 5.18. The molecule has 1 aromatic carbocycles. The lowest BCUT2D eigenvalue weighted by molar-refractivity contribution is 0.420. The van der Waals surface area contributed by atoms with Gasteiger partial charge in [0.25, 0.3) is 0 Å². The largest absolute Gasteiger partial charge is 0.327 e. The maximum atomic E-state index is 6.17. The van der Waals surface area contributed by atoms with Gasteiger partial charge in [-0.3, -0.25) is 0 Å². The molecule has 0 saturated carbocycles. The molecule has 2 heteroatoms. The lowest BCUT2D eigenvalue weighted by Crippen LogP contribution is -2.30. The van der Waals surface area contributed by atoms with Crippen LogP contribution in [0.25, 0.3) is 0 Å². The quantitative estimate of drug-likeness (QED) is 0.866. The molecular weight excluding hydrogens is 250 g/mol. The van der Waals surface area contributed by atoms with Crippen molar-refractivity contribution in [3.63, 3.8) is 0 Å². The van der Waals surface area contributed by atoms with Crippen LogP contribution in [0.15, 0.2) is 28.7 Å². The zero-order chi connectivity index (χ0) is 11.3. The smallest absolute Gasteiger partial charge is 0.0178 e. The molecule has 1 aromatic rings. The van der Waals surface area contributed by atoms with E-state index in [1.807, 2.05) is 6.07 Å². The van der Waals surface area contributed by atoms with Crippen molar-refractivity contribution in [2.45, 2.75) is 39.2 Å². The van der Waals surface area contributed by atoms with Gasteiger partial charge in [-0.25, -0.2) is 0 Å². The molecule has 2 N–H and O–H groups in total. The van der Waals surface area contributed by atoms with Gasteiger partial charge in [-0.2, -0.15) is 0 Å². The molecule has 0 aliphatic rings. The summed E-state index contributed by atoms with van der Waals surface area (Å²) >= 11 is 3.48. The number of hydrogen-bond acceptors (Lipinski definition) is 1. The molecule has 0 amide bonds. The van der Waals surface area contributed by atoms with Crippen molar-refractivity contribution in [1.82, 2.24) is 0 Å². The van der Waals surface area contributed by atoms with Crippen molar-refractivity contribution in [2.75, 3.05) is 0 Å². The molecule has 2 atom stereocenters. The maximum absolute atomic E-state index is 6.17. The lowest BCUT2D eigenvalue weighted by Gasteiger charge is -2.19. The fraction of sp³-hybridized carbons (Fsp3) is 0.538. The SMILES string of the molecule is CCCC(C)C(N)Cc1cccc(Br)c1. The summed E-state index contributed by atoms with van der Waals surface area (Å²) in [4.78, 5) is 0. The molecule has 0 saturated heterocycles. The van der Waals surface area contributed by atoms with Gasteiger partial charge in [0.1, 0.15) is 0 Å². The van der Waals surface area contributed by atoms with Crippen LogP contribution >= 0.6 is 15.9 Å². The van der Waals surface area contributed by atoms with E-state index in [1.165, 1.54) is 18.4 Å². The second-order valence-electron chi connectivity index (χ2n) is 4.26. The number of halogens is 1. The minimum atomic E-state index is 0.277. The summed E-state index contributed by atoms with van der Waals surface area (Å²) in [5.41, 5.74) is 7.49. The lowest BCUT2D eigenvalue weighted by atomic mass is 9.92. The van der Waals surface area contributed by atoms with Crippen LogP contribution in [-0.2, 0) is 6.42 Å². The Hall–Kier alpha value is -0.340. The molecule has 0 heterocycles. The van der Waals surface area contributed by atoms with Crippen LogP contribution in [0.5, 0.6) is 0 Å². The Morgan fingerprint density at radius 3 is 2.73 bits per heavy atom. The third-order valence-corrected chi connectivity index (χ3v) is 3.33. The summed E-state index contributed by atoms with van der Waals surface area (Å²) in [5, 5.41) is 0. The zero-order valence-electron chi connectivity index (χ0n) is 9.54. The number of rotatable bonds is 5. The van der Waals surface area contributed by atoms with Crippen LogP contribution in [0.1, 0.15) is 32.3 Å². The van der Waals surface area contributed by atoms with E-state index in [-0.39, 0.29) is 6.04 Å². The van der Waals surface area contributed by atoms with Gasteiger partial charge in [0, 0.05) is 10.5 Å². The molecule has 0 spiro atoms. The summed E-state index contributed by atoms with van der Waals surface area (Å²) in [6, 6.07) is 8.68. The van der Waals surface area contributed by atoms with E-state index in [1.54, 1.807) is 0 Å². The highest BCUT2D eigenvalue weighted by atomic mass is 79.9. The standard InChI is InChI=1S/C13H20BrN/c1-3-5-10(2)13(15)9-11-6-4-7-12(14)8-11/h4,6-8,10,13H,3,5,9,15H2,1-2H3. The molecule has 0 bridgehead atoms. The Kier molecular flexibility index (Phi) is 5.34. The minimum absolute atomic E-state index is 0.277. The van der Waals surface area contributed by atoms with Gasteiger partial charge in [-0.15, -0.1) is 0 Å². The first kappa shape index (κ1) is 12.7. The third-order valence-electron chi connectivity index (χ3n) is 2.84. The molecule has 0 aliphatic carbocycles. The Labute approximate surface area is 101 Å². The molecule has 0 aliphatic heterocycles. The number of hydrogen-bond donors (Lipinski definition) is 1. The molecule has 0 radical (unpaired) electrons. The summed E-state index contributed by atoms with van der Waals surface area (Å²) in [6.45, 7) is 4.45. The predicted molar refractivity (Wildman–Crippen MR) is 69.9 cm³/mol. The van der Waals surface area contributed by atoms with E-state index in [2.05, 4.69) is 48.0 Å². The molecule has 84 valence electrons. The summed E-state index contributed by atoms with van der Waals surface area (Å²) in [6.07, 6.45) is 3.41. The van der Waals surface area contributed by atoms with Crippen molar-refractivity contribution >= 4 is 15.9 Å². The van der Waals surface area contributed by atoms with E-state index in [0.717, 1.165) is 10.9 Å². The van der Waals surface area contributed by atoms with Gasteiger partial charge in [0.05, 0.1) is 0 Å². The Balaban J connectivity index is 2.54. The van der Waals surface area contributed by atoms with Crippen molar-refractivity contribution in [2.24, 2.45) is 11.7 Å². The number of nitrogens with two attached hydrogens (primary N) is 1. The Morgan fingerprint density at radius 2 is 2.13 bits per heavy atom. The van der Waals surface area contributed by atoms with Gasteiger partial charge < -0.3 is 5.73 Å². The molecule has 15 heavy (non-hydrogen) atoms. The van der Waals surface area contributed by atoms with Crippen LogP contribution in [0, 0.1) is 5.92 Å². The Bertz CT molecular complexity index is 298. The van der Waals surface area contributed by atoms with E-state index < -0.39 is 0 Å². The van der Waals surface area contributed by atoms with Crippen molar-refractivity contribution < 1.29 is 0 Å². The van der Waals surface area contributed by atoms with Gasteiger partial charge in [-0.05, 0) is 36.5 Å². The van der Waals surface area contributed by atoms with Crippen LogP contribution < -0.4 is 5.73 Å². The highest BCUT2D eigenvalue weighted by molar-refractivity contribution is 9.10. The zero-order valence-corrected chi connectivity index (χ0v) is 11.1. The van der Waals surface area contributed by atoms with Crippen LogP contribution in [0.4, 0.5) is 0 Å². The first-order valence-corrected chi connectivity index (χ1v) is 6.42. The van der Waals surface area contributed by atoms with Crippen LogP contribution in [0.2, 0.25) is 0 Å². The fourth-order valence-electron chi connectivity index (χ4n) is 1.81. The highest BCUT2D eigenvalue weighted by Gasteiger charge is 2.12. The molecular formula is C13H20BrN. The second kappa shape index (κ2) is 6.29. The van der Waals surface area contributed by atoms with Crippen molar-refractivity contribution in [3.8, 4) is 0 Å². The molecule has 0 fully saturated rings. The first-order chi connectivity index (χ1) is 7.13. The van der Waals surface area contributed by atoms with Gasteiger partial charge in [0.2, 0.25) is 0 Å². The topological polar surface area (TPSA) is 26.0 Å². The summed E-state index contributed by atoms with van der Waals surface area (Å²) in [7, 11) is 0. The molecule has 1 rings (SSSR count). The van der Waals surface area contributed by atoms with Gasteiger partial charge >= 0.3 is 0 Å². The van der Waals surface area contributed by atoms with E-state index in [4.69, 9.17) is 5.73 Å². The summed E-state index contributed by atoms with van der Waals surface area (Å²) in [5.74, 6) is 0.606. The molecule has 0 aromatic heterocycles. The van der Waals surface area contributed by atoms with E-state index >= 15 is 0 Å². The first-order valence-electron chi connectivity index (χ1n) is 5.63. The normalized spacial score (nSPS) is 14.9. The van der Waals surface area contributed by atoms with Crippen molar-refractivity contribution in [1.29, 1.82) is 0 Å². The average molecular weight is 270 g/mol. The van der Waals surface area contributed by atoms with Crippen molar-refractivity contribution in [3.05, 3.63) is 34.3 Å². The van der Waals surface area contributed by atoms with Crippen LogP contribution in [-0.4, -0.2) is 6.04 Å². The monoisotopic (exact) mass is 269 g/mol. The van der Waals surface area contributed by atoms with E-state index in [9.17, 15) is 0 Å². The fourth-order valence-corrected chi connectivity index (χ4v) is 2.25. The average Bonchev–Trinajstić information content (AvgIpc) is 2.18. The predicted octanol–water partition coefficient (Wildman–Crippen LogP) is 3.76. The molecule has 2 unspecified atom stereocenters. The minimum Gasteiger partial charge on any atom is -0.327 e. The van der Waals surface area contributed by atoms with E-state index in [0.29, 0.717) is 5.92 Å². The molecule has 1 nitrogen and oxygen atoms in total. The maximum Gasteiger partial charge on any atom is 0.0178 e. The third kappa shape index (κ3) is 4.35.